The monoisotopic (exact) mass is 422 g/mol. The summed E-state index contributed by atoms with van der Waals surface area (Å²) in [6, 6.07) is 10.7. The summed E-state index contributed by atoms with van der Waals surface area (Å²) in [5, 5.41) is 0. The van der Waals surface area contributed by atoms with Crippen LogP contribution < -0.4 is 14.3 Å². The molecule has 1 amide bonds. The van der Waals surface area contributed by atoms with Crippen LogP contribution in [0.15, 0.2) is 60.1 Å². The standard InChI is InChI=1S/C22H18N2O5S/c1-3-10-24-16-7-6-15(21(26)27-2)12-19(16)30-22(24)23-20(25)9-5-14-4-8-17-18(11-14)29-13-28-17/h3-9,11-12H,1,10,13H2,2H3. The molecule has 0 aliphatic carbocycles. The highest BCUT2D eigenvalue weighted by Crippen LogP contribution is 2.32. The van der Waals surface area contributed by atoms with E-state index in [1.165, 1.54) is 24.5 Å². The molecular formula is C22H18N2O5S. The van der Waals surface area contributed by atoms with Gasteiger partial charge < -0.3 is 18.8 Å². The summed E-state index contributed by atoms with van der Waals surface area (Å²) in [4.78, 5) is 29.0. The third-order valence-electron chi connectivity index (χ3n) is 4.44. The van der Waals surface area contributed by atoms with Gasteiger partial charge >= 0.3 is 5.97 Å². The maximum absolute atomic E-state index is 12.5. The SMILES string of the molecule is C=CCn1c(=NC(=O)C=Cc2ccc3c(c2)OCO3)sc2cc(C(=O)OC)ccc21. The number of nitrogens with zero attached hydrogens (tertiary/aromatic N) is 2. The van der Waals surface area contributed by atoms with Gasteiger partial charge in [-0.15, -0.1) is 6.58 Å². The summed E-state index contributed by atoms with van der Waals surface area (Å²) in [7, 11) is 1.34. The second-order valence-electron chi connectivity index (χ2n) is 6.35. The van der Waals surface area contributed by atoms with Crippen LogP contribution in [0.4, 0.5) is 0 Å². The molecular weight excluding hydrogens is 404 g/mol. The number of allylic oxidation sites excluding steroid dienone is 1. The van der Waals surface area contributed by atoms with E-state index in [2.05, 4.69) is 11.6 Å². The molecule has 0 atom stereocenters. The molecule has 0 unspecified atom stereocenters. The second-order valence-corrected chi connectivity index (χ2v) is 7.36. The Labute approximate surface area is 176 Å². The number of hydrogen-bond donors (Lipinski definition) is 0. The maximum atomic E-state index is 12.5. The van der Waals surface area contributed by atoms with Crippen molar-refractivity contribution in [3.8, 4) is 11.5 Å². The van der Waals surface area contributed by atoms with Crippen molar-refractivity contribution in [3.05, 3.63) is 71.1 Å². The Kier molecular flexibility index (Phi) is 5.49. The first-order valence-electron chi connectivity index (χ1n) is 9.08. The molecule has 1 aromatic heterocycles. The minimum atomic E-state index is -0.415. The number of hydrogen-bond acceptors (Lipinski definition) is 6. The van der Waals surface area contributed by atoms with Crippen LogP contribution in [-0.2, 0) is 16.1 Å². The largest absolute Gasteiger partial charge is 0.465 e. The lowest BCUT2D eigenvalue weighted by Crippen LogP contribution is -2.15. The first kappa shape index (κ1) is 19.7. The number of esters is 1. The van der Waals surface area contributed by atoms with Gasteiger partial charge in [0.25, 0.3) is 5.91 Å². The number of carbonyl (C=O) groups excluding carboxylic acids is 2. The summed E-state index contributed by atoms with van der Waals surface area (Å²) in [6.07, 6.45) is 4.81. The smallest absolute Gasteiger partial charge is 0.337 e. The van der Waals surface area contributed by atoms with Crippen molar-refractivity contribution in [2.24, 2.45) is 4.99 Å². The van der Waals surface area contributed by atoms with Crippen LogP contribution in [0.5, 0.6) is 11.5 Å². The molecule has 7 nitrogen and oxygen atoms in total. The average molecular weight is 422 g/mol. The van der Waals surface area contributed by atoms with Gasteiger partial charge in [0.05, 0.1) is 22.9 Å². The molecule has 8 heteroatoms. The average Bonchev–Trinajstić information content (AvgIpc) is 3.35. The Hall–Kier alpha value is -3.65. The van der Waals surface area contributed by atoms with E-state index in [4.69, 9.17) is 14.2 Å². The molecule has 1 aliphatic rings. The van der Waals surface area contributed by atoms with Crippen LogP contribution >= 0.6 is 11.3 Å². The molecule has 30 heavy (non-hydrogen) atoms. The summed E-state index contributed by atoms with van der Waals surface area (Å²) >= 11 is 1.32. The molecule has 1 aliphatic heterocycles. The zero-order valence-electron chi connectivity index (χ0n) is 16.2. The van der Waals surface area contributed by atoms with Crippen LogP contribution in [0.3, 0.4) is 0 Å². The molecule has 0 N–H and O–H groups in total. The molecule has 0 spiro atoms. The number of fused-ring (bicyclic) bond motifs is 2. The zero-order chi connectivity index (χ0) is 21.1. The molecule has 0 saturated heterocycles. The number of benzene rings is 2. The molecule has 2 aromatic carbocycles. The van der Waals surface area contributed by atoms with Crippen molar-refractivity contribution in [2.45, 2.75) is 6.54 Å². The van der Waals surface area contributed by atoms with Crippen molar-refractivity contribution in [1.82, 2.24) is 4.57 Å². The third kappa shape index (κ3) is 3.90. The molecule has 0 fully saturated rings. The maximum Gasteiger partial charge on any atom is 0.337 e. The van der Waals surface area contributed by atoms with Crippen LogP contribution in [0, 0.1) is 0 Å². The summed E-state index contributed by atoms with van der Waals surface area (Å²) in [6.45, 7) is 4.45. The van der Waals surface area contributed by atoms with Gasteiger partial charge in [0.1, 0.15) is 0 Å². The van der Waals surface area contributed by atoms with E-state index in [0.717, 1.165) is 15.8 Å². The first-order valence-corrected chi connectivity index (χ1v) is 9.89. The van der Waals surface area contributed by atoms with E-state index < -0.39 is 11.9 Å². The molecule has 3 aromatic rings. The predicted molar refractivity (Wildman–Crippen MR) is 114 cm³/mol. The number of ether oxygens (including phenoxy) is 3. The van der Waals surface area contributed by atoms with Crippen molar-refractivity contribution in [3.63, 3.8) is 0 Å². The highest BCUT2D eigenvalue weighted by molar-refractivity contribution is 7.16. The van der Waals surface area contributed by atoms with Crippen LogP contribution in [0.25, 0.3) is 16.3 Å². The van der Waals surface area contributed by atoms with Gasteiger partial charge in [-0.25, -0.2) is 4.79 Å². The van der Waals surface area contributed by atoms with Crippen molar-refractivity contribution in [1.29, 1.82) is 0 Å². The molecule has 2 heterocycles. The number of methoxy groups -OCH3 is 1. The summed E-state index contributed by atoms with van der Waals surface area (Å²) in [5.41, 5.74) is 2.11. The van der Waals surface area contributed by atoms with Gasteiger partial charge in [0.2, 0.25) is 6.79 Å². The minimum absolute atomic E-state index is 0.198. The Balaban J connectivity index is 1.66. The van der Waals surface area contributed by atoms with E-state index in [1.807, 2.05) is 16.7 Å². The molecule has 152 valence electrons. The number of rotatable bonds is 5. The van der Waals surface area contributed by atoms with E-state index in [0.29, 0.717) is 28.4 Å². The third-order valence-corrected chi connectivity index (χ3v) is 5.48. The van der Waals surface area contributed by atoms with E-state index in [9.17, 15) is 9.59 Å². The second kappa shape index (κ2) is 8.38. The number of thiazole rings is 1. The summed E-state index contributed by atoms with van der Waals surface area (Å²) < 4.78 is 18.1. The van der Waals surface area contributed by atoms with Gasteiger partial charge in [0.15, 0.2) is 16.3 Å². The lowest BCUT2D eigenvalue weighted by molar-refractivity contribution is -0.113. The Bertz CT molecular complexity index is 1250. The predicted octanol–water partition coefficient (Wildman–Crippen LogP) is 3.54. The highest BCUT2D eigenvalue weighted by Gasteiger charge is 2.13. The Morgan fingerprint density at radius 1 is 1.23 bits per heavy atom. The van der Waals surface area contributed by atoms with Gasteiger partial charge in [-0.05, 0) is 42.0 Å². The Morgan fingerprint density at radius 2 is 2.07 bits per heavy atom. The topological polar surface area (TPSA) is 79.1 Å². The quantitative estimate of drug-likeness (QED) is 0.357. The lowest BCUT2D eigenvalue weighted by Gasteiger charge is -2.02. The first-order chi connectivity index (χ1) is 14.6. The van der Waals surface area contributed by atoms with Gasteiger partial charge in [-0.2, -0.15) is 4.99 Å². The lowest BCUT2D eigenvalue weighted by atomic mass is 10.2. The van der Waals surface area contributed by atoms with E-state index >= 15 is 0 Å². The van der Waals surface area contributed by atoms with Crippen LogP contribution in [0.1, 0.15) is 15.9 Å². The van der Waals surface area contributed by atoms with Gasteiger partial charge in [0, 0.05) is 12.6 Å². The number of carbonyl (C=O) groups is 2. The van der Waals surface area contributed by atoms with Gasteiger partial charge in [-0.1, -0.05) is 23.5 Å². The molecule has 0 radical (unpaired) electrons. The number of amides is 1. The van der Waals surface area contributed by atoms with Gasteiger partial charge in [-0.3, -0.25) is 4.79 Å². The number of aromatic nitrogens is 1. The van der Waals surface area contributed by atoms with Crippen molar-refractivity contribution in [2.75, 3.05) is 13.9 Å². The van der Waals surface area contributed by atoms with Crippen molar-refractivity contribution >= 4 is 39.5 Å². The molecule has 0 saturated carbocycles. The van der Waals surface area contributed by atoms with Crippen molar-refractivity contribution < 1.29 is 23.8 Å². The fraction of sp³-hybridized carbons (Fsp3) is 0.136. The normalized spacial score (nSPS) is 13.2. The molecule has 0 bridgehead atoms. The van der Waals surface area contributed by atoms with E-state index in [-0.39, 0.29) is 6.79 Å². The van der Waals surface area contributed by atoms with E-state index in [1.54, 1.807) is 36.4 Å². The zero-order valence-corrected chi connectivity index (χ0v) is 17.0. The van der Waals surface area contributed by atoms with Crippen LogP contribution in [-0.4, -0.2) is 30.3 Å². The minimum Gasteiger partial charge on any atom is -0.465 e. The van der Waals surface area contributed by atoms with Crippen LogP contribution in [0.2, 0.25) is 0 Å². The molecule has 4 rings (SSSR count). The fourth-order valence-corrected chi connectivity index (χ4v) is 4.11. The fourth-order valence-electron chi connectivity index (χ4n) is 3.02. The Morgan fingerprint density at radius 3 is 2.87 bits per heavy atom. The summed E-state index contributed by atoms with van der Waals surface area (Å²) in [5.74, 6) is 0.522. The highest BCUT2D eigenvalue weighted by atomic mass is 32.1.